The highest BCUT2D eigenvalue weighted by molar-refractivity contribution is 5.39. The van der Waals surface area contributed by atoms with Crippen molar-refractivity contribution in [3.05, 3.63) is 52.5 Å². The van der Waals surface area contributed by atoms with Gasteiger partial charge >= 0.3 is 0 Å². The predicted molar refractivity (Wildman–Crippen MR) is 70.8 cm³/mol. The highest BCUT2D eigenvalue weighted by Crippen LogP contribution is 2.28. The molecular weight excluding hydrogens is 245 g/mol. The Morgan fingerprint density at radius 3 is 2.63 bits per heavy atom. The monoisotopic (exact) mass is 261 g/mol. The minimum absolute atomic E-state index is 0.118. The van der Waals surface area contributed by atoms with E-state index < -0.39 is 5.82 Å². The average Bonchev–Trinajstić information content (AvgIpc) is 2.33. The number of aliphatic hydroxyl groups excluding tert-OH is 1. The van der Waals surface area contributed by atoms with E-state index in [-0.39, 0.29) is 18.2 Å². The Balaban J connectivity index is 2.45. The first-order valence-electron chi connectivity index (χ1n) is 6.03. The molecule has 0 aliphatic rings. The van der Waals surface area contributed by atoms with Gasteiger partial charge in [0.2, 0.25) is 5.88 Å². The molecule has 0 saturated carbocycles. The molecule has 0 bridgehead atoms. The SMILES string of the molecule is Cc1ccc(F)c(Oc2nc(C)cc(C)c2CO)c1. The van der Waals surface area contributed by atoms with Gasteiger partial charge < -0.3 is 9.84 Å². The Bertz CT molecular complexity index is 611. The fourth-order valence-corrected chi connectivity index (χ4v) is 1.90. The molecule has 1 aromatic heterocycles. The number of hydrogen-bond donors (Lipinski definition) is 1. The van der Waals surface area contributed by atoms with Crippen molar-refractivity contribution in [2.24, 2.45) is 0 Å². The average molecular weight is 261 g/mol. The molecule has 0 amide bonds. The van der Waals surface area contributed by atoms with Gasteiger partial charge in [-0.3, -0.25) is 0 Å². The highest BCUT2D eigenvalue weighted by Gasteiger charge is 2.12. The van der Waals surface area contributed by atoms with Crippen LogP contribution in [0, 0.1) is 26.6 Å². The first-order valence-corrected chi connectivity index (χ1v) is 6.03. The van der Waals surface area contributed by atoms with Crippen molar-refractivity contribution in [1.29, 1.82) is 0 Å². The summed E-state index contributed by atoms with van der Waals surface area (Å²) in [6, 6.07) is 6.48. The molecule has 0 aliphatic heterocycles. The number of rotatable bonds is 3. The third-order valence-corrected chi connectivity index (χ3v) is 2.89. The molecular formula is C15H16FNO2. The molecule has 2 aromatic rings. The third kappa shape index (κ3) is 2.90. The van der Waals surface area contributed by atoms with E-state index in [1.54, 1.807) is 12.1 Å². The Morgan fingerprint density at radius 1 is 1.21 bits per heavy atom. The van der Waals surface area contributed by atoms with Crippen LogP contribution in [0.3, 0.4) is 0 Å². The standard InChI is InChI=1S/C15H16FNO2/c1-9-4-5-13(16)14(6-9)19-15-12(8-18)10(2)7-11(3)17-15/h4-7,18H,8H2,1-3H3. The number of pyridine rings is 1. The molecule has 19 heavy (non-hydrogen) atoms. The van der Waals surface area contributed by atoms with Gasteiger partial charge in [-0.05, 0) is 50.1 Å². The molecule has 1 aromatic carbocycles. The number of aliphatic hydroxyl groups is 1. The Labute approximate surface area is 111 Å². The summed E-state index contributed by atoms with van der Waals surface area (Å²) in [6.07, 6.45) is 0. The van der Waals surface area contributed by atoms with E-state index in [9.17, 15) is 9.50 Å². The lowest BCUT2D eigenvalue weighted by Crippen LogP contribution is -2.01. The summed E-state index contributed by atoms with van der Waals surface area (Å²) in [6.45, 7) is 5.35. The summed E-state index contributed by atoms with van der Waals surface area (Å²) in [5, 5.41) is 9.38. The van der Waals surface area contributed by atoms with Crippen LogP contribution in [-0.4, -0.2) is 10.1 Å². The van der Waals surface area contributed by atoms with Crippen LogP contribution in [0.2, 0.25) is 0 Å². The van der Waals surface area contributed by atoms with Gasteiger partial charge in [-0.1, -0.05) is 6.07 Å². The first-order chi connectivity index (χ1) is 9.01. The molecule has 0 aliphatic carbocycles. The van der Waals surface area contributed by atoms with Crippen LogP contribution >= 0.6 is 0 Å². The molecule has 0 spiro atoms. The van der Waals surface area contributed by atoms with E-state index in [4.69, 9.17) is 4.74 Å². The second kappa shape index (κ2) is 5.36. The van der Waals surface area contributed by atoms with Gasteiger partial charge in [0.1, 0.15) is 0 Å². The summed E-state index contributed by atoms with van der Waals surface area (Å²) >= 11 is 0. The molecule has 2 rings (SSSR count). The maximum Gasteiger partial charge on any atom is 0.225 e. The number of hydrogen-bond acceptors (Lipinski definition) is 3. The van der Waals surface area contributed by atoms with Crippen LogP contribution in [0.25, 0.3) is 0 Å². The number of nitrogens with zero attached hydrogens (tertiary/aromatic N) is 1. The van der Waals surface area contributed by atoms with Crippen LogP contribution in [0.5, 0.6) is 11.6 Å². The lowest BCUT2D eigenvalue weighted by atomic mass is 10.1. The van der Waals surface area contributed by atoms with Crippen LogP contribution in [0.15, 0.2) is 24.3 Å². The van der Waals surface area contributed by atoms with Gasteiger partial charge in [-0.25, -0.2) is 9.37 Å². The smallest absolute Gasteiger partial charge is 0.225 e. The Kier molecular flexibility index (Phi) is 3.81. The summed E-state index contributed by atoms with van der Waals surface area (Å²) in [7, 11) is 0. The summed E-state index contributed by atoms with van der Waals surface area (Å²) in [5.74, 6) is -0.0767. The summed E-state index contributed by atoms with van der Waals surface area (Å²) in [4.78, 5) is 4.22. The van der Waals surface area contributed by atoms with Crippen LogP contribution < -0.4 is 4.74 Å². The van der Waals surface area contributed by atoms with Crippen molar-refractivity contribution in [3.8, 4) is 11.6 Å². The highest BCUT2D eigenvalue weighted by atomic mass is 19.1. The maximum absolute atomic E-state index is 13.7. The molecule has 3 nitrogen and oxygen atoms in total. The molecule has 100 valence electrons. The molecule has 1 N–H and O–H groups in total. The van der Waals surface area contributed by atoms with Crippen LogP contribution in [0.1, 0.15) is 22.4 Å². The molecule has 0 atom stereocenters. The number of aryl methyl sites for hydroxylation is 3. The zero-order valence-corrected chi connectivity index (χ0v) is 11.2. The minimum atomic E-state index is -0.449. The predicted octanol–water partition coefficient (Wildman–Crippen LogP) is 3.43. The van der Waals surface area contributed by atoms with Gasteiger partial charge in [-0.2, -0.15) is 0 Å². The van der Waals surface area contributed by atoms with Gasteiger partial charge in [0.15, 0.2) is 11.6 Å². The lowest BCUT2D eigenvalue weighted by Gasteiger charge is -2.12. The zero-order valence-electron chi connectivity index (χ0n) is 11.2. The number of benzene rings is 1. The number of aromatic nitrogens is 1. The molecule has 1 heterocycles. The quantitative estimate of drug-likeness (QED) is 0.920. The zero-order chi connectivity index (χ0) is 14.0. The van der Waals surface area contributed by atoms with Crippen LogP contribution in [0.4, 0.5) is 4.39 Å². The Morgan fingerprint density at radius 2 is 1.95 bits per heavy atom. The van der Waals surface area contributed by atoms with Crippen molar-refractivity contribution >= 4 is 0 Å². The van der Waals surface area contributed by atoms with Gasteiger partial charge in [0.05, 0.1) is 6.61 Å². The number of ether oxygens (including phenoxy) is 1. The summed E-state index contributed by atoms with van der Waals surface area (Å²) in [5.41, 5.74) is 3.11. The van der Waals surface area contributed by atoms with Gasteiger partial charge in [0, 0.05) is 11.3 Å². The van der Waals surface area contributed by atoms with E-state index in [0.717, 1.165) is 16.8 Å². The third-order valence-electron chi connectivity index (χ3n) is 2.89. The van der Waals surface area contributed by atoms with Crippen molar-refractivity contribution in [1.82, 2.24) is 4.98 Å². The van der Waals surface area contributed by atoms with Gasteiger partial charge in [0.25, 0.3) is 0 Å². The fraction of sp³-hybridized carbons (Fsp3) is 0.267. The lowest BCUT2D eigenvalue weighted by molar-refractivity contribution is 0.273. The topological polar surface area (TPSA) is 42.4 Å². The minimum Gasteiger partial charge on any atom is -0.436 e. The largest absolute Gasteiger partial charge is 0.436 e. The summed E-state index contributed by atoms with van der Waals surface area (Å²) < 4.78 is 19.2. The van der Waals surface area contributed by atoms with E-state index >= 15 is 0 Å². The molecule has 0 unspecified atom stereocenters. The molecule has 4 heteroatoms. The Hall–Kier alpha value is -1.94. The van der Waals surface area contributed by atoms with Crippen LogP contribution in [-0.2, 0) is 6.61 Å². The molecule has 0 radical (unpaired) electrons. The molecule has 0 fully saturated rings. The van der Waals surface area contributed by atoms with E-state index in [1.165, 1.54) is 6.07 Å². The normalized spacial score (nSPS) is 10.6. The van der Waals surface area contributed by atoms with Gasteiger partial charge in [-0.15, -0.1) is 0 Å². The fourth-order valence-electron chi connectivity index (χ4n) is 1.90. The van der Waals surface area contributed by atoms with Crippen molar-refractivity contribution in [2.45, 2.75) is 27.4 Å². The maximum atomic E-state index is 13.7. The van der Waals surface area contributed by atoms with Crippen molar-refractivity contribution in [2.75, 3.05) is 0 Å². The molecule has 0 saturated heterocycles. The van der Waals surface area contributed by atoms with E-state index in [1.807, 2.05) is 26.8 Å². The number of halogens is 1. The van der Waals surface area contributed by atoms with Crippen molar-refractivity contribution < 1.29 is 14.2 Å². The van der Waals surface area contributed by atoms with Crippen molar-refractivity contribution in [3.63, 3.8) is 0 Å². The van der Waals surface area contributed by atoms with E-state index in [2.05, 4.69) is 4.98 Å². The second-order valence-electron chi connectivity index (χ2n) is 4.56. The van der Waals surface area contributed by atoms with E-state index in [0.29, 0.717) is 5.56 Å². The first kappa shape index (κ1) is 13.5. The second-order valence-corrected chi connectivity index (χ2v) is 4.56.